The Morgan fingerprint density at radius 3 is 1.65 bits per heavy atom. The maximum absolute atomic E-state index is 4.57. The van der Waals surface area contributed by atoms with Crippen molar-refractivity contribution in [2.24, 2.45) is 0 Å². The van der Waals surface area contributed by atoms with Crippen LogP contribution < -0.4 is 0 Å². The van der Waals surface area contributed by atoms with Gasteiger partial charge in [-0.25, -0.2) is 0 Å². The third-order valence-electron chi connectivity index (χ3n) is 4.29. The van der Waals surface area contributed by atoms with Crippen LogP contribution in [0.2, 0.25) is 0 Å². The zero-order valence-corrected chi connectivity index (χ0v) is 15.3. The van der Waals surface area contributed by atoms with E-state index in [1.165, 1.54) is 24.2 Å². The summed E-state index contributed by atoms with van der Waals surface area (Å²) in [6.07, 6.45) is 2.48. The van der Waals surface area contributed by atoms with Crippen LogP contribution in [0.3, 0.4) is 0 Å². The monoisotopic (exact) mass is 317 g/mol. The van der Waals surface area contributed by atoms with Gasteiger partial charge in [0.25, 0.3) is 0 Å². The molecule has 0 aliphatic carbocycles. The first kappa shape index (κ1) is 17.7. The quantitative estimate of drug-likeness (QED) is 0.713. The van der Waals surface area contributed by atoms with Crippen LogP contribution in [0.25, 0.3) is 0 Å². The zero-order valence-electron chi connectivity index (χ0n) is 15.3. The smallest absolute Gasteiger partial charge is 0.0596 e. The normalized spacial score (nSPS) is 11.6. The lowest BCUT2D eigenvalue weighted by atomic mass is 10.3. The molecule has 2 rings (SSSR count). The Kier molecular flexibility index (Phi) is 6.39. The largest absolute Gasteiger partial charge is 0.300 e. The summed E-state index contributed by atoms with van der Waals surface area (Å²) in [7, 11) is 0. The molecule has 0 aromatic carbocycles. The molecule has 2 aromatic heterocycles. The first-order valence-electron chi connectivity index (χ1n) is 8.74. The second-order valence-corrected chi connectivity index (χ2v) is 6.50. The van der Waals surface area contributed by atoms with Crippen molar-refractivity contribution in [3.63, 3.8) is 0 Å². The van der Waals surface area contributed by atoms with Crippen molar-refractivity contribution in [2.75, 3.05) is 19.6 Å². The van der Waals surface area contributed by atoms with Crippen LogP contribution in [0.4, 0.5) is 0 Å². The summed E-state index contributed by atoms with van der Waals surface area (Å²) in [6, 6.07) is 4.29. The van der Waals surface area contributed by atoms with Crippen molar-refractivity contribution in [2.45, 2.75) is 60.5 Å². The molecular weight excluding hydrogens is 286 g/mol. The van der Waals surface area contributed by atoms with E-state index in [0.717, 1.165) is 44.1 Å². The number of nitrogens with zero attached hydrogens (tertiary/aromatic N) is 5. The van der Waals surface area contributed by atoms with Crippen LogP contribution in [-0.2, 0) is 13.1 Å². The van der Waals surface area contributed by atoms with Gasteiger partial charge < -0.3 is 0 Å². The Morgan fingerprint density at radius 1 is 0.826 bits per heavy atom. The zero-order chi connectivity index (χ0) is 16.8. The summed E-state index contributed by atoms with van der Waals surface area (Å²) in [5, 5.41) is 9.14. The van der Waals surface area contributed by atoms with Gasteiger partial charge in [0, 0.05) is 24.5 Å². The van der Waals surface area contributed by atoms with Gasteiger partial charge in [0.05, 0.1) is 24.5 Å². The molecule has 0 fully saturated rings. The summed E-state index contributed by atoms with van der Waals surface area (Å²) < 4.78 is 4.25. The van der Waals surface area contributed by atoms with Gasteiger partial charge in [0.2, 0.25) is 0 Å². The third-order valence-corrected chi connectivity index (χ3v) is 4.29. The highest BCUT2D eigenvalue weighted by Crippen LogP contribution is 2.05. The van der Waals surface area contributed by atoms with E-state index < -0.39 is 0 Å². The Morgan fingerprint density at radius 2 is 1.30 bits per heavy atom. The molecule has 0 bridgehead atoms. The lowest BCUT2D eigenvalue weighted by Crippen LogP contribution is -2.32. The topological polar surface area (TPSA) is 38.9 Å². The predicted molar refractivity (Wildman–Crippen MR) is 94.8 cm³/mol. The lowest BCUT2D eigenvalue weighted by molar-refractivity contribution is 0.240. The maximum atomic E-state index is 4.57. The van der Waals surface area contributed by atoms with Gasteiger partial charge in [-0.1, -0.05) is 13.3 Å². The Hall–Kier alpha value is -1.62. The molecule has 5 heteroatoms. The highest BCUT2D eigenvalue weighted by atomic mass is 15.3. The van der Waals surface area contributed by atoms with Crippen molar-refractivity contribution in [1.29, 1.82) is 0 Å². The first-order valence-corrected chi connectivity index (χ1v) is 8.74. The fraction of sp³-hybridized carbons (Fsp3) is 0.667. The van der Waals surface area contributed by atoms with E-state index in [1.54, 1.807) is 0 Å². The Labute approximate surface area is 140 Å². The van der Waals surface area contributed by atoms with Gasteiger partial charge in [0.15, 0.2) is 0 Å². The SMILES string of the molecule is CCCCN(CCn1nc(C)cc1C)CCn1nc(C)cc1C. The van der Waals surface area contributed by atoms with Crippen molar-refractivity contribution in [1.82, 2.24) is 24.5 Å². The van der Waals surface area contributed by atoms with Crippen LogP contribution in [0.1, 0.15) is 42.5 Å². The van der Waals surface area contributed by atoms with Gasteiger partial charge in [-0.2, -0.15) is 10.2 Å². The second kappa shape index (κ2) is 8.29. The van der Waals surface area contributed by atoms with Crippen molar-refractivity contribution in [3.05, 3.63) is 34.9 Å². The second-order valence-electron chi connectivity index (χ2n) is 6.50. The highest BCUT2D eigenvalue weighted by Gasteiger charge is 2.09. The molecule has 0 aliphatic heterocycles. The van der Waals surface area contributed by atoms with Crippen molar-refractivity contribution < 1.29 is 0 Å². The van der Waals surface area contributed by atoms with E-state index in [1.807, 2.05) is 0 Å². The first-order chi connectivity index (χ1) is 11.0. The van der Waals surface area contributed by atoms with Crippen molar-refractivity contribution in [3.8, 4) is 0 Å². The molecule has 23 heavy (non-hydrogen) atoms. The molecule has 2 aromatic rings. The molecule has 0 atom stereocenters. The molecule has 0 saturated heterocycles. The van der Waals surface area contributed by atoms with E-state index in [-0.39, 0.29) is 0 Å². The van der Waals surface area contributed by atoms with E-state index in [0.29, 0.717) is 0 Å². The highest BCUT2D eigenvalue weighted by molar-refractivity contribution is 5.07. The molecule has 0 saturated carbocycles. The summed E-state index contributed by atoms with van der Waals surface area (Å²) in [5.41, 5.74) is 4.70. The number of rotatable bonds is 9. The molecule has 0 amide bonds. The van der Waals surface area contributed by atoms with Crippen LogP contribution in [0.15, 0.2) is 12.1 Å². The lowest BCUT2D eigenvalue weighted by Gasteiger charge is -2.22. The Bertz CT molecular complexity index is 561. The number of hydrogen-bond acceptors (Lipinski definition) is 3. The summed E-state index contributed by atoms with van der Waals surface area (Å²) in [5.74, 6) is 0. The molecule has 2 heterocycles. The maximum Gasteiger partial charge on any atom is 0.0596 e. The molecule has 0 radical (unpaired) electrons. The van der Waals surface area contributed by atoms with Gasteiger partial charge in [0.1, 0.15) is 0 Å². The van der Waals surface area contributed by atoms with Crippen LogP contribution in [0.5, 0.6) is 0 Å². The summed E-state index contributed by atoms with van der Waals surface area (Å²) >= 11 is 0. The fourth-order valence-corrected chi connectivity index (χ4v) is 2.99. The molecule has 0 N–H and O–H groups in total. The number of hydrogen-bond donors (Lipinski definition) is 0. The molecule has 0 spiro atoms. The predicted octanol–water partition coefficient (Wildman–Crippen LogP) is 3.12. The molecule has 0 unspecified atom stereocenters. The van der Waals surface area contributed by atoms with Crippen molar-refractivity contribution >= 4 is 0 Å². The average Bonchev–Trinajstić information content (AvgIpc) is 2.99. The van der Waals surface area contributed by atoms with Gasteiger partial charge in [-0.15, -0.1) is 0 Å². The van der Waals surface area contributed by atoms with E-state index >= 15 is 0 Å². The summed E-state index contributed by atoms with van der Waals surface area (Å²) in [4.78, 5) is 2.54. The van der Waals surface area contributed by atoms with Crippen LogP contribution in [-0.4, -0.2) is 44.1 Å². The Balaban J connectivity index is 1.90. The van der Waals surface area contributed by atoms with Gasteiger partial charge >= 0.3 is 0 Å². The number of aromatic nitrogens is 4. The van der Waals surface area contributed by atoms with Gasteiger partial charge in [-0.3, -0.25) is 14.3 Å². The molecular formula is C18H31N5. The third kappa shape index (κ3) is 5.20. The molecule has 0 aliphatic rings. The molecule has 5 nitrogen and oxygen atoms in total. The number of aryl methyl sites for hydroxylation is 4. The standard InChI is InChI=1S/C18H31N5/c1-6-7-8-21(9-11-22-17(4)13-15(2)19-22)10-12-23-18(5)14-16(3)20-23/h13-14H,6-12H2,1-5H3. The number of unbranched alkanes of at least 4 members (excludes halogenated alkanes) is 1. The van der Waals surface area contributed by atoms with E-state index in [4.69, 9.17) is 0 Å². The molecule has 128 valence electrons. The minimum absolute atomic E-state index is 0.959. The van der Waals surface area contributed by atoms with Crippen LogP contribution >= 0.6 is 0 Å². The minimum Gasteiger partial charge on any atom is -0.300 e. The van der Waals surface area contributed by atoms with Crippen LogP contribution in [0, 0.1) is 27.7 Å². The summed E-state index contributed by atoms with van der Waals surface area (Å²) in [6.45, 7) is 15.8. The average molecular weight is 317 g/mol. The minimum atomic E-state index is 0.959. The van der Waals surface area contributed by atoms with E-state index in [2.05, 4.69) is 71.2 Å². The van der Waals surface area contributed by atoms with E-state index in [9.17, 15) is 0 Å². The fourth-order valence-electron chi connectivity index (χ4n) is 2.99. The van der Waals surface area contributed by atoms with Gasteiger partial charge in [-0.05, 0) is 52.8 Å².